The molecule has 0 saturated heterocycles. The lowest BCUT2D eigenvalue weighted by Crippen LogP contribution is -2.22. The molecule has 0 fully saturated rings. The average Bonchev–Trinajstić information content (AvgIpc) is 2.64. The van der Waals surface area contributed by atoms with E-state index in [1.54, 1.807) is 14.0 Å². The number of carbonyl (C=O) groups is 1. The van der Waals surface area contributed by atoms with E-state index in [1.807, 2.05) is 0 Å². The van der Waals surface area contributed by atoms with Crippen LogP contribution in [-0.4, -0.2) is 28.2 Å². The lowest BCUT2D eigenvalue weighted by atomic mass is 9.95. The SMILES string of the molecule is CCCCCCCCC1(C)SC(=O)C(C(C)O)=C1OC. The maximum atomic E-state index is 12.0. The minimum absolute atomic E-state index is 0.0367. The van der Waals surface area contributed by atoms with Crippen LogP contribution in [0.3, 0.4) is 0 Å². The van der Waals surface area contributed by atoms with E-state index < -0.39 is 6.10 Å². The highest BCUT2D eigenvalue weighted by Gasteiger charge is 2.45. The van der Waals surface area contributed by atoms with Crippen molar-refractivity contribution in [3.05, 3.63) is 11.3 Å². The number of aliphatic hydroxyl groups excluding tert-OH is 1. The molecule has 3 nitrogen and oxygen atoms in total. The van der Waals surface area contributed by atoms with Crippen molar-refractivity contribution < 1.29 is 14.6 Å². The summed E-state index contributed by atoms with van der Waals surface area (Å²) in [4.78, 5) is 12.0. The van der Waals surface area contributed by atoms with Crippen molar-refractivity contribution in [2.75, 3.05) is 7.11 Å². The Kier molecular flexibility index (Phi) is 7.10. The highest BCUT2D eigenvalue weighted by molar-refractivity contribution is 8.15. The van der Waals surface area contributed by atoms with Crippen LogP contribution in [0.5, 0.6) is 0 Å². The van der Waals surface area contributed by atoms with Gasteiger partial charge in [0, 0.05) is 0 Å². The Morgan fingerprint density at radius 3 is 2.40 bits per heavy atom. The molecule has 2 unspecified atom stereocenters. The molecule has 0 aromatic heterocycles. The fourth-order valence-corrected chi connectivity index (χ4v) is 4.09. The minimum Gasteiger partial charge on any atom is -0.499 e. The molecule has 0 amide bonds. The number of hydrogen-bond acceptors (Lipinski definition) is 4. The van der Waals surface area contributed by atoms with Crippen molar-refractivity contribution in [2.45, 2.75) is 76.6 Å². The summed E-state index contributed by atoms with van der Waals surface area (Å²) < 4.78 is 5.14. The molecule has 0 aromatic rings. The first kappa shape index (κ1) is 17.6. The van der Waals surface area contributed by atoms with Gasteiger partial charge in [-0.25, -0.2) is 0 Å². The van der Waals surface area contributed by atoms with Gasteiger partial charge < -0.3 is 9.84 Å². The van der Waals surface area contributed by atoms with E-state index >= 15 is 0 Å². The zero-order valence-electron chi connectivity index (χ0n) is 13.2. The minimum atomic E-state index is -0.753. The number of carbonyl (C=O) groups excluding carboxylic acids is 1. The van der Waals surface area contributed by atoms with E-state index in [0.717, 1.165) is 12.8 Å². The van der Waals surface area contributed by atoms with Gasteiger partial charge in [0.25, 0.3) is 0 Å². The monoisotopic (exact) mass is 300 g/mol. The molecule has 1 aliphatic heterocycles. The quantitative estimate of drug-likeness (QED) is 0.653. The van der Waals surface area contributed by atoms with E-state index in [-0.39, 0.29) is 9.86 Å². The Balaban J connectivity index is 2.57. The van der Waals surface area contributed by atoms with E-state index in [9.17, 15) is 9.90 Å². The largest absolute Gasteiger partial charge is 0.499 e. The van der Waals surface area contributed by atoms with Gasteiger partial charge in [0.1, 0.15) is 5.76 Å². The van der Waals surface area contributed by atoms with Crippen molar-refractivity contribution in [3.63, 3.8) is 0 Å². The van der Waals surface area contributed by atoms with Crippen LogP contribution in [0.4, 0.5) is 0 Å². The molecular weight excluding hydrogens is 272 g/mol. The highest BCUT2D eigenvalue weighted by Crippen LogP contribution is 2.47. The highest BCUT2D eigenvalue weighted by atomic mass is 32.2. The lowest BCUT2D eigenvalue weighted by Gasteiger charge is -2.25. The lowest BCUT2D eigenvalue weighted by molar-refractivity contribution is -0.108. The Morgan fingerprint density at radius 1 is 1.25 bits per heavy atom. The Hall–Kier alpha value is -0.480. The molecule has 1 heterocycles. The molecule has 0 spiro atoms. The van der Waals surface area contributed by atoms with Crippen LogP contribution in [0.1, 0.15) is 65.7 Å². The number of aliphatic hydroxyl groups is 1. The summed E-state index contributed by atoms with van der Waals surface area (Å²) in [6.07, 6.45) is 7.59. The van der Waals surface area contributed by atoms with Crippen molar-refractivity contribution in [3.8, 4) is 0 Å². The normalized spacial score (nSPS) is 24.4. The third-order valence-corrected chi connectivity index (χ3v) is 5.14. The second kappa shape index (κ2) is 8.08. The standard InChI is InChI=1S/C16H28O3S/c1-5-6-7-8-9-10-11-16(3)14(19-4)13(12(2)17)15(18)20-16/h12,17H,5-11H2,1-4H3. The van der Waals surface area contributed by atoms with Gasteiger partial charge in [0.15, 0.2) is 0 Å². The Bertz CT molecular complexity index is 363. The molecule has 0 aromatic carbocycles. The zero-order chi connectivity index (χ0) is 15.2. The van der Waals surface area contributed by atoms with Crippen LogP contribution in [0, 0.1) is 0 Å². The smallest absolute Gasteiger partial charge is 0.222 e. The van der Waals surface area contributed by atoms with Gasteiger partial charge in [-0.2, -0.15) is 0 Å². The maximum Gasteiger partial charge on any atom is 0.222 e. The molecule has 0 bridgehead atoms. The summed E-state index contributed by atoms with van der Waals surface area (Å²) >= 11 is 1.31. The van der Waals surface area contributed by atoms with Crippen molar-refractivity contribution >= 4 is 16.9 Å². The van der Waals surface area contributed by atoms with Crippen molar-refractivity contribution in [1.29, 1.82) is 0 Å². The van der Waals surface area contributed by atoms with Crippen LogP contribution in [-0.2, 0) is 9.53 Å². The van der Waals surface area contributed by atoms with E-state index in [4.69, 9.17) is 4.74 Å². The molecule has 1 aliphatic rings. The topological polar surface area (TPSA) is 46.5 Å². The van der Waals surface area contributed by atoms with Crippen LogP contribution in [0.2, 0.25) is 0 Å². The number of methoxy groups -OCH3 is 1. The van der Waals surface area contributed by atoms with E-state index in [2.05, 4.69) is 13.8 Å². The predicted molar refractivity (Wildman–Crippen MR) is 84.7 cm³/mol. The first-order valence-corrected chi connectivity index (χ1v) is 8.48. The van der Waals surface area contributed by atoms with Gasteiger partial charge >= 0.3 is 0 Å². The fourth-order valence-electron chi connectivity index (χ4n) is 2.78. The van der Waals surface area contributed by atoms with Gasteiger partial charge in [-0.15, -0.1) is 0 Å². The predicted octanol–water partition coefficient (Wildman–Crippen LogP) is 4.05. The summed E-state index contributed by atoms with van der Waals surface area (Å²) in [5.41, 5.74) is 0.450. The van der Waals surface area contributed by atoms with Crippen LogP contribution >= 0.6 is 11.8 Å². The average molecular weight is 300 g/mol. The first-order valence-electron chi connectivity index (χ1n) is 7.66. The molecule has 0 aliphatic carbocycles. The Morgan fingerprint density at radius 2 is 1.85 bits per heavy atom. The molecule has 0 radical (unpaired) electrons. The Labute approximate surface area is 127 Å². The van der Waals surface area contributed by atoms with Crippen LogP contribution in [0.25, 0.3) is 0 Å². The van der Waals surface area contributed by atoms with Crippen LogP contribution < -0.4 is 0 Å². The molecule has 1 N–H and O–H groups in total. The van der Waals surface area contributed by atoms with Gasteiger partial charge in [-0.3, -0.25) is 4.79 Å². The molecule has 2 atom stereocenters. The van der Waals surface area contributed by atoms with Crippen LogP contribution in [0.15, 0.2) is 11.3 Å². The summed E-state index contributed by atoms with van der Waals surface area (Å²) in [6.45, 7) is 5.90. The summed E-state index contributed by atoms with van der Waals surface area (Å²) in [5, 5.41) is 9.72. The summed E-state index contributed by atoms with van der Waals surface area (Å²) in [6, 6.07) is 0. The van der Waals surface area contributed by atoms with Crippen molar-refractivity contribution in [2.24, 2.45) is 0 Å². The molecule has 0 saturated carbocycles. The summed E-state index contributed by atoms with van der Waals surface area (Å²) in [5.74, 6) is 0.677. The van der Waals surface area contributed by atoms with Gasteiger partial charge in [-0.05, 0) is 20.3 Å². The van der Waals surface area contributed by atoms with E-state index in [0.29, 0.717) is 11.3 Å². The summed E-state index contributed by atoms with van der Waals surface area (Å²) in [7, 11) is 1.59. The number of unbranched alkanes of at least 4 members (excludes halogenated alkanes) is 5. The third kappa shape index (κ3) is 4.26. The van der Waals surface area contributed by atoms with E-state index in [1.165, 1.54) is 43.9 Å². The second-order valence-electron chi connectivity index (χ2n) is 5.76. The first-order chi connectivity index (χ1) is 9.46. The molecule has 4 heteroatoms. The third-order valence-electron chi connectivity index (χ3n) is 3.89. The molecule has 1 rings (SSSR count). The zero-order valence-corrected chi connectivity index (χ0v) is 14.0. The maximum absolute atomic E-state index is 12.0. The second-order valence-corrected chi connectivity index (χ2v) is 7.24. The number of thioether (sulfide) groups is 1. The number of ether oxygens (including phenoxy) is 1. The number of rotatable bonds is 9. The molecule has 20 heavy (non-hydrogen) atoms. The van der Waals surface area contributed by atoms with Gasteiger partial charge in [0.2, 0.25) is 5.12 Å². The van der Waals surface area contributed by atoms with Gasteiger partial charge in [-0.1, -0.05) is 57.2 Å². The molecule has 116 valence electrons. The molecular formula is C16H28O3S. The fraction of sp³-hybridized carbons (Fsp3) is 0.812. The van der Waals surface area contributed by atoms with Crippen molar-refractivity contribution in [1.82, 2.24) is 0 Å². The van der Waals surface area contributed by atoms with Gasteiger partial charge in [0.05, 0.1) is 23.5 Å². The number of hydrogen-bond donors (Lipinski definition) is 1.